The fourth-order valence-electron chi connectivity index (χ4n) is 1.48. The number of ether oxygens (including phenoxy) is 1. The van der Waals surface area contributed by atoms with E-state index in [-0.39, 0.29) is 25.6 Å². The Labute approximate surface area is 116 Å². The summed E-state index contributed by atoms with van der Waals surface area (Å²) in [4.78, 5) is 25.6. The number of aryl methyl sites for hydroxylation is 1. The Balaban J connectivity index is 2.83. The first-order valence-electron chi connectivity index (χ1n) is 6.01. The summed E-state index contributed by atoms with van der Waals surface area (Å²) in [5.74, 6) is -0.701. The van der Waals surface area contributed by atoms with Crippen molar-refractivity contribution in [3.63, 3.8) is 0 Å². The van der Waals surface area contributed by atoms with Crippen molar-refractivity contribution in [2.45, 2.75) is 20.3 Å². The Hall–Kier alpha value is -1.76. The summed E-state index contributed by atoms with van der Waals surface area (Å²) in [5, 5.41) is 3.89. The van der Waals surface area contributed by atoms with Crippen molar-refractivity contribution in [2.24, 2.45) is 0 Å². The van der Waals surface area contributed by atoms with E-state index in [0.717, 1.165) is 11.5 Å². The van der Waals surface area contributed by atoms with Crippen molar-refractivity contribution in [1.29, 1.82) is 0 Å². The first kappa shape index (κ1) is 15.3. The molecule has 104 valence electrons. The number of carbonyl (C=O) groups excluding carboxylic acids is 2. The van der Waals surface area contributed by atoms with Crippen molar-refractivity contribution < 1.29 is 14.3 Å². The highest BCUT2D eigenvalue weighted by molar-refractivity contribution is 7.08. The minimum atomic E-state index is -0.437. The van der Waals surface area contributed by atoms with Gasteiger partial charge >= 0.3 is 5.97 Å². The van der Waals surface area contributed by atoms with Gasteiger partial charge in [-0.15, -0.1) is 11.7 Å². The maximum atomic E-state index is 12.3. The average Bonchev–Trinajstić information content (AvgIpc) is 2.86. The number of nitrogens with zero attached hydrogens (tertiary/aromatic N) is 3. The molecule has 19 heavy (non-hydrogen) atoms. The summed E-state index contributed by atoms with van der Waals surface area (Å²) in [7, 11) is 0. The normalized spacial score (nSPS) is 10.0. The molecule has 0 unspecified atom stereocenters. The second-order valence-electron chi connectivity index (χ2n) is 3.68. The van der Waals surface area contributed by atoms with Gasteiger partial charge in [-0.3, -0.25) is 9.59 Å². The fourth-order valence-corrected chi connectivity index (χ4v) is 2.20. The van der Waals surface area contributed by atoms with Gasteiger partial charge < -0.3 is 9.64 Å². The molecule has 1 rings (SSSR count). The topological polar surface area (TPSA) is 72.4 Å². The van der Waals surface area contributed by atoms with Gasteiger partial charge in [-0.1, -0.05) is 17.5 Å². The van der Waals surface area contributed by atoms with Crippen molar-refractivity contribution in [3.8, 4) is 0 Å². The quantitative estimate of drug-likeness (QED) is 0.557. The summed E-state index contributed by atoms with van der Waals surface area (Å²) in [5.41, 5.74) is 0.646. The summed E-state index contributed by atoms with van der Waals surface area (Å²) >= 11 is 1.04. The predicted octanol–water partition coefficient (Wildman–Crippen LogP) is 1.29. The van der Waals surface area contributed by atoms with Crippen LogP contribution in [-0.4, -0.2) is 46.1 Å². The van der Waals surface area contributed by atoms with E-state index in [1.807, 2.05) is 6.92 Å². The monoisotopic (exact) mass is 283 g/mol. The molecule has 0 spiro atoms. The molecule has 0 aliphatic carbocycles. The van der Waals surface area contributed by atoms with Gasteiger partial charge in [0, 0.05) is 6.54 Å². The van der Waals surface area contributed by atoms with Gasteiger partial charge in [0.2, 0.25) is 0 Å². The lowest BCUT2D eigenvalue weighted by Crippen LogP contribution is -2.36. The Morgan fingerprint density at radius 1 is 1.47 bits per heavy atom. The van der Waals surface area contributed by atoms with Gasteiger partial charge in [0.15, 0.2) is 0 Å². The van der Waals surface area contributed by atoms with E-state index in [2.05, 4.69) is 16.2 Å². The molecule has 1 aromatic rings. The molecule has 0 aromatic carbocycles. The van der Waals surface area contributed by atoms with Crippen LogP contribution in [0.25, 0.3) is 0 Å². The summed E-state index contributed by atoms with van der Waals surface area (Å²) in [6, 6.07) is 0. The molecule has 7 heteroatoms. The predicted molar refractivity (Wildman–Crippen MR) is 72.0 cm³/mol. The molecular formula is C12H17N3O3S. The molecule has 0 aliphatic rings. The molecule has 1 heterocycles. The highest BCUT2D eigenvalue weighted by Crippen LogP contribution is 2.14. The molecule has 0 aliphatic heterocycles. The number of amides is 1. The minimum Gasteiger partial charge on any atom is -0.465 e. The third-order valence-corrected chi connectivity index (χ3v) is 3.10. The highest BCUT2D eigenvalue weighted by Gasteiger charge is 2.23. The van der Waals surface area contributed by atoms with Crippen LogP contribution in [0.5, 0.6) is 0 Å². The van der Waals surface area contributed by atoms with Crippen LogP contribution in [-0.2, 0) is 16.0 Å². The summed E-state index contributed by atoms with van der Waals surface area (Å²) in [6.07, 6.45) is 2.19. The van der Waals surface area contributed by atoms with E-state index in [1.54, 1.807) is 13.0 Å². The zero-order valence-corrected chi connectivity index (χ0v) is 11.9. The fraction of sp³-hybridized carbons (Fsp3) is 0.500. The van der Waals surface area contributed by atoms with Crippen LogP contribution >= 0.6 is 11.5 Å². The lowest BCUT2D eigenvalue weighted by atomic mass is 10.2. The van der Waals surface area contributed by atoms with Gasteiger partial charge in [-0.05, 0) is 24.9 Å². The number of carbonyl (C=O) groups is 2. The lowest BCUT2D eigenvalue weighted by Gasteiger charge is -2.19. The molecule has 0 atom stereocenters. The first-order valence-corrected chi connectivity index (χ1v) is 6.78. The van der Waals surface area contributed by atoms with Gasteiger partial charge in [-0.2, -0.15) is 0 Å². The molecule has 1 amide bonds. The van der Waals surface area contributed by atoms with Crippen LogP contribution < -0.4 is 0 Å². The van der Waals surface area contributed by atoms with Crippen LogP contribution in [0.2, 0.25) is 0 Å². The van der Waals surface area contributed by atoms with Crippen molar-refractivity contribution in [2.75, 3.05) is 19.7 Å². The number of hydrogen-bond acceptors (Lipinski definition) is 6. The lowest BCUT2D eigenvalue weighted by molar-refractivity contribution is -0.143. The van der Waals surface area contributed by atoms with E-state index in [0.29, 0.717) is 17.0 Å². The molecule has 0 fully saturated rings. The number of hydrogen-bond donors (Lipinski definition) is 0. The summed E-state index contributed by atoms with van der Waals surface area (Å²) < 4.78 is 8.62. The zero-order valence-electron chi connectivity index (χ0n) is 11.1. The second-order valence-corrected chi connectivity index (χ2v) is 4.44. The van der Waals surface area contributed by atoms with Crippen LogP contribution in [0.4, 0.5) is 0 Å². The minimum absolute atomic E-state index is 0.0975. The second kappa shape index (κ2) is 7.63. The van der Waals surface area contributed by atoms with Gasteiger partial charge in [0.25, 0.3) is 5.91 Å². The zero-order chi connectivity index (χ0) is 14.3. The van der Waals surface area contributed by atoms with E-state index >= 15 is 0 Å². The average molecular weight is 283 g/mol. The van der Waals surface area contributed by atoms with Gasteiger partial charge in [0.05, 0.1) is 12.3 Å². The third kappa shape index (κ3) is 4.13. The Morgan fingerprint density at radius 3 is 2.79 bits per heavy atom. The molecule has 1 aromatic heterocycles. The maximum Gasteiger partial charge on any atom is 0.325 e. The number of rotatable bonds is 7. The molecular weight excluding hydrogens is 266 g/mol. The van der Waals surface area contributed by atoms with E-state index in [4.69, 9.17) is 4.74 Å². The number of aromatic nitrogens is 2. The van der Waals surface area contributed by atoms with E-state index in [1.165, 1.54) is 4.90 Å². The SMILES string of the molecule is C=CCN(CC(=O)OCC)C(=O)c1snnc1CC. The van der Waals surface area contributed by atoms with Crippen molar-refractivity contribution in [3.05, 3.63) is 23.2 Å². The first-order chi connectivity index (χ1) is 9.13. The Bertz CT molecular complexity index is 459. The highest BCUT2D eigenvalue weighted by atomic mass is 32.1. The third-order valence-electron chi connectivity index (χ3n) is 2.35. The smallest absolute Gasteiger partial charge is 0.325 e. The Morgan fingerprint density at radius 2 is 2.21 bits per heavy atom. The Kier molecular flexibility index (Phi) is 6.14. The van der Waals surface area contributed by atoms with Crippen LogP contribution in [0.15, 0.2) is 12.7 Å². The van der Waals surface area contributed by atoms with Gasteiger partial charge in [-0.25, -0.2) is 0 Å². The standard InChI is InChI=1S/C12H17N3O3S/c1-4-7-15(8-10(16)18-6-3)12(17)11-9(5-2)13-14-19-11/h4H,1,5-8H2,2-3H3. The van der Waals surface area contributed by atoms with Gasteiger partial charge in [0.1, 0.15) is 11.4 Å². The molecule has 0 saturated carbocycles. The molecule has 0 saturated heterocycles. The van der Waals surface area contributed by atoms with Crippen LogP contribution in [0.3, 0.4) is 0 Å². The van der Waals surface area contributed by atoms with Crippen LogP contribution in [0, 0.1) is 0 Å². The van der Waals surface area contributed by atoms with E-state index < -0.39 is 5.97 Å². The van der Waals surface area contributed by atoms with Crippen LogP contribution in [0.1, 0.15) is 29.2 Å². The van der Waals surface area contributed by atoms with E-state index in [9.17, 15) is 9.59 Å². The molecule has 0 N–H and O–H groups in total. The molecule has 6 nitrogen and oxygen atoms in total. The number of esters is 1. The summed E-state index contributed by atoms with van der Waals surface area (Å²) in [6.45, 7) is 7.68. The molecule has 0 bridgehead atoms. The van der Waals surface area contributed by atoms with Crippen molar-refractivity contribution in [1.82, 2.24) is 14.5 Å². The largest absolute Gasteiger partial charge is 0.465 e. The van der Waals surface area contributed by atoms with Crippen molar-refractivity contribution >= 4 is 23.4 Å². The maximum absolute atomic E-state index is 12.3. The molecule has 0 radical (unpaired) electrons.